The molecule has 1 aromatic rings. The molecule has 18 heavy (non-hydrogen) atoms. The lowest BCUT2D eigenvalue weighted by atomic mass is 10.2. The minimum absolute atomic E-state index is 0.0446. The van der Waals surface area contributed by atoms with Gasteiger partial charge in [0.15, 0.2) is 12.4 Å². The van der Waals surface area contributed by atoms with Crippen LogP contribution in [0.1, 0.15) is 17.3 Å². The monoisotopic (exact) mass is 252 g/mol. The Morgan fingerprint density at radius 2 is 2.28 bits per heavy atom. The minimum atomic E-state index is -0.667. The Bertz CT molecular complexity index is 473. The maximum Gasteiger partial charge on any atom is 0.311 e. The molecule has 0 saturated heterocycles. The fourth-order valence-corrected chi connectivity index (χ4v) is 1.26. The molecule has 1 rings (SSSR count). The number of carbonyl (C=O) groups is 2. The van der Waals surface area contributed by atoms with Crippen LogP contribution >= 0.6 is 0 Å². The highest BCUT2D eigenvalue weighted by Crippen LogP contribution is 2.27. The summed E-state index contributed by atoms with van der Waals surface area (Å²) in [7, 11) is 0. The minimum Gasteiger partial charge on any atom is -0.477 e. The number of hydrogen-bond donors (Lipinski definition) is 1. The highest BCUT2D eigenvalue weighted by atomic mass is 16.6. The third-order valence-electron chi connectivity index (χ3n) is 2.05. The Kier molecular flexibility index (Phi) is 4.79. The van der Waals surface area contributed by atoms with Crippen LogP contribution in [0.25, 0.3) is 0 Å². The number of carbonyl (C=O) groups excluding carboxylic acids is 2. The van der Waals surface area contributed by atoms with Crippen LogP contribution in [0.15, 0.2) is 18.2 Å². The molecule has 0 radical (unpaired) electrons. The van der Waals surface area contributed by atoms with E-state index in [4.69, 9.17) is 4.74 Å². The van der Waals surface area contributed by atoms with Crippen LogP contribution in [0, 0.1) is 10.1 Å². The van der Waals surface area contributed by atoms with Gasteiger partial charge in [-0.05, 0) is 19.1 Å². The first-order chi connectivity index (χ1) is 8.58. The molecule has 0 spiro atoms. The summed E-state index contributed by atoms with van der Waals surface area (Å²) in [4.78, 5) is 31.8. The fraction of sp³-hybridized carbons (Fsp3) is 0.273. The number of nitro groups is 1. The van der Waals surface area contributed by atoms with Crippen molar-refractivity contribution >= 4 is 17.9 Å². The number of nitrogens with one attached hydrogen (secondary N) is 1. The first-order valence-corrected chi connectivity index (χ1v) is 5.21. The Morgan fingerprint density at radius 3 is 2.83 bits per heavy atom. The van der Waals surface area contributed by atoms with Gasteiger partial charge in [0.25, 0.3) is 5.91 Å². The summed E-state index contributed by atoms with van der Waals surface area (Å²) in [5, 5.41) is 13.3. The number of benzene rings is 1. The van der Waals surface area contributed by atoms with Crippen LogP contribution in [0.4, 0.5) is 5.69 Å². The van der Waals surface area contributed by atoms with Crippen molar-refractivity contribution in [3.05, 3.63) is 33.9 Å². The Balaban J connectivity index is 2.84. The fourth-order valence-electron chi connectivity index (χ4n) is 1.26. The van der Waals surface area contributed by atoms with Crippen molar-refractivity contribution in [1.29, 1.82) is 0 Å². The number of nitrogens with zero attached hydrogens (tertiary/aromatic N) is 1. The van der Waals surface area contributed by atoms with Crippen molar-refractivity contribution in [3.63, 3.8) is 0 Å². The van der Waals surface area contributed by atoms with E-state index in [1.54, 1.807) is 6.92 Å². The number of aldehydes is 1. The van der Waals surface area contributed by atoms with Gasteiger partial charge in [-0.25, -0.2) is 0 Å². The Hall–Kier alpha value is -2.44. The Morgan fingerprint density at radius 1 is 1.56 bits per heavy atom. The molecule has 0 fully saturated rings. The SMILES string of the molecule is CCNC(=O)COc1ccc(C=O)cc1[N+](=O)[O-]. The van der Waals surface area contributed by atoms with Gasteiger partial charge >= 0.3 is 5.69 Å². The molecule has 0 aromatic heterocycles. The molecule has 0 aliphatic carbocycles. The zero-order chi connectivity index (χ0) is 13.5. The smallest absolute Gasteiger partial charge is 0.311 e. The van der Waals surface area contributed by atoms with Gasteiger partial charge in [-0.3, -0.25) is 19.7 Å². The number of likely N-dealkylation sites (N-methyl/N-ethyl adjacent to an activating group) is 1. The van der Waals surface area contributed by atoms with Gasteiger partial charge in [0.2, 0.25) is 0 Å². The molecule has 0 aliphatic heterocycles. The molecule has 0 unspecified atom stereocenters. The van der Waals surface area contributed by atoms with E-state index in [0.29, 0.717) is 12.8 Å². The standard InChI is InChI=1S/C11H12N2O5/c1-2-12-11(15)7-18-10-4-3-8(6-14)5-9(10)13(16)17/h3-6H,2,7H2,1H3,(H,12,15). The summed E-state index contributed by atoms with van der Waals surface area (Å²) >= 11 is 0. The molecular weight excluding hydrogens is 240 g/mol. The van der Waals surface area contributed by atoms with E-state index in [9.17, 15) is 19.7 Å². The lowest BCUT2D eigenvalue weighted by Gasteiger charge is -2.06. The summed E-state index contributed by atoms with van der Waals surface area (Å²) in [6.45, 7) is 1.89. The predicted molar refractivity (Wildman–Crippen MR) is 62.7 cm³/mol. The molecule has 1 amide bonds. The van der Waals surface area contributed by atoms with Crippen LogP contribution in [0.3, 0.4) is 0 Å². The molecular formula is C11H12N2O5. The number of ether oxygens (including phenoxy) is 1. The van der Waals surface area contributed by atoms with Gasteiger partial charge in [-0.2, -0.15) is 0 Å². The van der Waals surface area contributed by atoms with Crippen LogP contribution < -0.4 is 10.1 Å². The van der Waals surface area contributed by atoms with Gasteiger partial charge in [0.05, 0.1) is 4.92 Å². The number of nitro benzene ring substituents is 1. The lowest BCUT2D eigenvalue weighted by molar-refractivity contribution is -0.385. The van der Waals surface area contributed by atoms with Crippen molar-refractivity contribution in [1.82, 2.24) is 5.32 Å². The third-order valence-corrected chi connectivity index (χ3v) is 2.05. The molecule has 0 heterocycles. The van der Waals surface area contributed by atoms with E-state index >= 15 is 0 Å². The Labute approximate surface area is 103 Å². The maximum absolute atomic E-state index is 11.2. The normalized spacial score (nSPS) is 9.61. The molecule has 1 N–H and O–H groups in total. The van der Waals surface area contributed by atoms with Gasteiger partial charge in [-0.15, -0.1) is 0 Å². The molecule has 1 aromatic carbocycles. The van der Waals surface area contributed by atoms with E-state index in [1.165, 1.54) is 12.1 Å². The van der Waals surface area contributed by atoms with Gasteiger partial charge in [0, 0.05) is 18.2 Å². The molecule has 7 nitrogen and oxygen atoms in total. The molecule has 0 bridgehead atoms. The van der Waals surface area contributed by atoms with Crippen LogP contribution in [-0.4, -0.2) is 30.3 Å². The summed E-state index contributed by atoms with van der Waals surface area (Å²) < 4.78 is 5.04. The number of hydrogen-bond acceptors (Lipinski definition) is 5. The van der Waals surface area contributed by atoms with E-state index in [2.05, 4.69) is 5.32 Å². The first-order valence-electron chi connectivity index (χ1n) is 5.21. The number of amides is 1. The molecule has 0 aliphatic rings. The average molecular weight is 252 g/mol. The largest absolute Gasteiger partial charge is 0.477 e. The summed E-state index contributed by atoms with van der Waals surface area (Å²) in [6.07, 6.45) is 0.501. The zero-order valence-corrected chi connectivity index (χ0v) is 9.71. The predicted octanol–water partition coefficient (Wildman–Crippen LogP) is 0.922. The van der Waals surface area contributed by atoms with E-state index in [-0.39, 0.29) is 29.5 Å². The molecule has 7 heteroatoms. The molecule has 96 valence electrons. The second-order valence-corrected chi connectivity index (χ2v) is 3.34. The van der Waals surface area contributed by atoms with Crippen molar-refractivity contribution in [3.8, 4) is 5.75 Å². The third kappa shape index (κ3) is 3.55. The van der Waals surface area contributed by atoms with Gasteiger partial charge in [-0.1, -0.05) is 0 Å². The second-order valence-electron chi connectivity index (χ2n) is 3.34. The zero-order valence-electron chi connectivity index (χ0n) is 9.71. The van der Waals surface area contributed by atoms with Crippen molar-refractivity contribution in [2.24, 2.45) is 0 Å². The lowest BCUT2D eigenvalue weighted by Crippen LogP contribution is -2.28. The van der Waals surface area contributed by atoms with Crippen LogP contribution in [-0.2, 0) is 4.79 Å². The topological polar surface area (TPSA) is 98.5 Å². The van der Waals surface area contributed by atoms with Gasteiger partial charge < -0.3 is 10.1 Å². The van der Waals surface area contributed by atoms with E-state index in [0.717, 1.165) is 6.07 Å². The van der Waals surface area contributed by atoms with Crippen LogP contribution in [0.5, 0.6) is 5.75 Å². The highest BCUT2D eigenvalue weighted by Gasteiger charge is 2.16. The molecule has 0 saturated carbocycles. The highest BCUT2D eigenvalue weighted by molar-refractivity contribution is 5.78. The average Bonchev–Trinajstić information content (AvgIpc) is 2.36. The van der Waals surface area contributed by atoms with Crippen molar-refractivity contribution in [2.45, 2.75) is 6.92 Å². The van der Waals surface area contributed by atoms with Crippen molar-refractivity contribution < 1.29 is 19.2 Å². The van der Waals surface area contributed by atoms with Crippen molar-refractivity contribution in [2.75, 3.05) is 13.2 Å². The summed E-state index contributed by atoms with van der Waals surface area (Å²) in [5.41, 5.74) is -0.170. The second kappa shape index (κ2) is 6.33. The summed E-state index contributed by atoms with van der Waals surface area (Å²) in [5.74, 6) is -0.414. The number of rotatable bonds is 6. The van der Waals surface area contributed by atoms with E-state index < -0.39 is 4.92 Å². The van der Waals surface area contributed by atoms with Gasteiger partial charge in [0.1, 0.15) is 6.29 Å². The molecule has 0 atom stereocenters. The first kappa shape index (κ1) is 13.6. The van der Waals surface area contributed by atoms with E-state index in [1.807, 2.05) is 0 Å². The summed E-state index contributed by atoms with van der Waals surface area (Å²) in [6, 6.07) is 3.77. The van der Waals surface area contributed by atoms with Crippen LogP contribution in [0.2, 0.25) is 0 Å². The quantitative estimate of drug-likeness (QED) is 0.461. The maximum atomic E-state index is 11.2.